The molecule has 1 N–H and O–H groups in total. The van der Waals surface area contributed by atoms with Crippen LogP contribution in [0.25, 0.3) is 10.8 Å². The van der Waals surface area contributed by atoms with Crippen LogP contribution in [0.3, 0.4) is 0 Å². The van der Waals surface area contributed by atoms with E-state index in [1.54, 1.807) is 23.2 Å². The third kappa shape index (κ3) is 4.21. The van der Waals surface area contributed by atoms with Crippen LogP contribution < -0.4 is 9.62 Å². The topological polar surface area (TPSA) is 118 Å². The van der Waals surface area contributed by atoms with Gasteiger partial charge in [0.1, 0.15) is 17.6 Å². The molecule has 2 aromatic heterocycles. The number of sulfonamides is 1. The monoisotopic (exact) mass is 485 g/mol. The van der Waals surface area contributed by atoms with Crippen LogP contribution in [0.2, 0.25) is 0 Å². The zero-order valence-electron chi connectivity index (χ0n) is 18.8. The molecule has 5 rings (SSSR count). The Morgan fingerprint density at radius 3 is 2.71 bits per heavy atom. The van der Waals surface area contributed by atoms with Gasteiger partial charge in [0.15, 0.2) is 0 Å². The Bertz CT molecular complexity index is 1420. The number of pyridine rings is 2. The molecule has 178 valence electrons. The van der Waals surface area contributed by atoms with Gasteiger partial charge in [0.2, 0.25) is 10.0 Å². The summed E-state index contributed by atoms with van der Waals surface area (Å²) in [5.74, 6) is 0.0275. The molecule has 0 bridgehead atoms. The minimum atomic E-state index is -4.09. The summed E-state index contributed by atoms with van der Waals surface area (Å²) >= 11 is 0. The van der Waals surface area contributed by atoms with E-state index in [2.05, 4.69) is 14.7 Å². The van der Waals surface area contributed by atoms with Crippen molar-refractivity contribution in [2.75, 3.05) is 11.4 Å². The average Bonchev–Trinajstić information content (AvgIpc) is 3.54. The van der Waals surface area contributed by atoms with E-state index in [0.29, 0.717) is 27.9 Å². The van der Waals surface area contributed by atoms with Crippen molar-refractivity contribution in [3.05, 3.63) is 63.6 Å². The number of nitrogens with zero attached hydrogens (tertiary/aromatic N) is 4. The van der Waals surface area contributed by atoms with Gasteiger partial charge in [-0.15, -0.1) is 0 Å². The summed E-state index contributed by atoms with van der Waals surface area (Å²) in [5.41, 5.74) is 0.691. The number of benzene rings is 1. The molecule has 11 heteroatoms. The Morgan fingerprint density at radius 1 is 1.26 bits per heavy atom. The number of alkyl halides is 1. The number of fused-ring (bicyclic) bond motifs is 2. The molecule has 2 aliphatic rings. The zero-order chi connectivity index (χ0) is 24.3. The first-order chi connectivity index (χ1) is 16.0. The molecule has 9 nitrogen and oxygen atoms in total. The molecule has 1 saturated carbocycles. The lowest BCUT2D eigenvalue weighted by Crippen LogP contribution is -2.36. The summed E-state index contributed by atoms with van der Waals surface area (Å²) in [4.78, 5) is 21.2. The molecule has 0 amide bonds. The van der Waals surface area contributed by atoms with E-state index in [-0.39, 0.29) is 30.3 Å². The fraction of sp³-hybridized carbons (Fsp3) is 0.391. The van der Waals surface area contributed by atoms with Gasteiger partial charge >= 0.3 is 5.82 Å². The fourth-order valence-electron chi connectivity index (χ4n) is 4.34. The summed E-state index contributed by atoms with van der Waals surface area (Å²) in [7, 11) is -4.09. The van der Waals surface area contributed by atoms with Crippen LogP contribution in [0.1, 0.15) is 49.4 Å². The van der Waals surface area contributed by atoms with E-state index >= 15 is 0 Å². The van der Waals surface area contributed by atoms with Gasteiger partial charge in [-0.25, -0.2) is 17.5 Å². The highest BCUT2D eigenvalue weighted by molar-refractivity contribution is 7.89. The lowest BCUT2D eigenvalue weighted by Gasteiger charge is -2.19. The van der Waals surface area contributed by atoms with Crippen LogP contribution in [0.4, 0.5) is 15.9 Å². The van der Waals surface area contributed by atoms with Gasteiger partial charge in [0.05, 0.1) is 4.90 Å². The van der Waals surface area contributed by atoms with Gasteiger partial charge in [-0.2, -0.15) is 0 Å². The molecule has 0 atom stereocenters. The smallest absolute Gasteiger partial charge is 0.358 e. The largest absolute Gasteiger partial charge is 0.387 e. The molecule has 1 aliphatic carbocycles. The van der Waals surface area contributed by atoms with E-state index in [1.807, 2.05) is 12.1 Å². The minimum absolute atomic E-state index is 0.0857. The molecule has 0 spiro atoms. The molecule has 1 aromatic carbocycles. The lowest BCUT2D eigenvalue weighted by molar-refractivity contribution is -0.388. The Labute approximate surface area is 196 Å². The Hall–Kier alpha value is -3.18. The van der Waals surface area contributed by atoms with Crippen LogP contribution in [0.15, 0.2) is 41.6 Å². The normalized spacial score (nSPS) is 16.1. The third-order valence-electron chi connectivity index (χ3n) is 6.13. The fourth-order valence-corrected chi connectivity index (χ4v) is 6.00. The summed E-state index contributed by atoms with van der Waals surface area (Å²) < 4.78 is 43.7. The molecule has 0 radical (unpaired) electrons. The highest BCUT2D eigenvalue weighted by Gasteiger charge is 2.34. The van der Waals surface area contributed by atoms with Crippen molar-refractivity contribution in [2.45, 2.75) is 56.3 Å². The predicted molar refractivity (Wildman–Crippen MR) is 125 cm³/mol. The van der Waals surface area contributed by atoms with Crippen molar-refractivity contribution in [1.29, 1.82) is 0 Å². The standard InChI is InChI=1S/C23H24FN5O4S/c1-23(2,24)13-27-34(32,33)21-17-9-19(14-5-6-14)26-10-15(17)8-16-11-28(12-18(16)21)20-4-3-7-25-22(20)29(30)31/h3-4,7-10,14,27H,5-6,11-13H2,1-2H3. The number of hydrogen-bond donors (Lipinski definition) is 1. The summed E-state index contributed by atoms with van der Waals surface area (Å²) in [5, 5.41) is 12.7. The van der Waals surface area contributed by atoms with Crippen molar-refractivity contribution in [3.63, 3.8) is 0 Å². The van der Waals surface area contributed by atoms with Crippen molar-refractivity contribution >= 4 is 32.3 Å². The first-order valence-electron chi connectivity index (χ1n) is 11.0. The number of nitrogens with one attached hydrogen (secondary N) is 1. The Morgan fingerprint density at radius 2 is 2.03 bits per heavy atom. The highest BCUT2D eigenvalue weighted by atomic mass is 32.2. The summed E-state index contributed by atoms with van der Waals surface area (Å²) in [6.45, 7) is 2.66. The summed E-state index contributed by atoms with van der Waals surface area (Å²) in [6.07, 6.45) is 5.05. The van der Waals surface area contributed by atoms with Crippen LogP contribution in [-0.4, -0.2) is 35.5 Å². The Balaban J connectivity index is 1.66. The number of aromatic nitrogens is 2. The molecule has 0 unspecified atom stereocenters. The molecule has 1 fully saturated rings. The average molecular weight is 486 g/mol. The SMILES string of the molecule is CC(C)(F)CNS(=O)(=O)c1c2c(cc3cnc(C4CC4)cc13)CN(c1cccnc1[N+](=O)[O-])C2. The second-order valence-corrected chi connectivity index (χ2v) is 11.2. The lowest BCUT2D eigenvalue weighted by atomic mass is 10.0. The number of hydrogen-bond acceptors (Lipinski definition) is 7. The second kappa shape index (κ2) is 7.95. The number of halogens is 1. The van der Waals surface area contributed by atoms with Crippen molar-refractivity contribution < 1.29 is 17.7 Å². The maximum Gasteiger partial charge on any atom is 0.387 e. The van der Waals surface area contributed by atoms with Gasteiger partial charge in [-0.1, -0.05) is 0 Å². The third-order valence-corrected chi connectivity index (χ3v) is 7.66. The maximum absolute atomic E-state index is 14.2. The molecule has 34 heavy (non-hydrogen) atoms. The van der Waals surface area contributed by atoms with Crippen LogP contribution in [0, 0.1) is 10.1 Å². The number of anilines is 1. The minimum Gasteiger partial charge on any atom is -0.358 e. The van der Waals surface area contributed by atoms with Gasteiger partial charge in [0, 0.05) is 48.2 Å². The molecule has 3 aromatic rings. The van der Waals surface area contributed by atoms with E-state index in [1.165, 1.54) is 20.0 Å². The molecule has 0 saturated heterocycles. The van der Waals surface area contributed by atoms with Gasteiger partial charge in [-0.05, 0) is 72.0 Å². The molecule has 3 heterocycles. The number of nitro groups is 1. The summed E-state index contributed by atoms with van der Waals surface area (Å²) in [6, 6.07) is 6.91. The van der Waals surface area contributed by atoms with E-state index in [0.717, 1.165) is 24.1 Å². The van der Waals surface area contributed by atoms with Crippen molar-refractivity contribution in [1.82, 2.24) is 14.7 Å². The van der Waals surface area contributed by atoms with Crippen molar-refractivity contribution in [3.8, 4) is 0 Å². The molecular weight excluding hydrogens is 461 g/mol. The first kappa shape index (κ1) is 22.6. The second-order valence-electron chi connectivity index (χ2n) is 9.45. The Kier molecular flexibility index (Phi) is 5.28. The first-order valence-corrected chi connectivity index (χ1v) is 12.5. The van der Waals surface area contributed by atoms with Crippen LogP contribution in [-0.2, 0) is 23.1 Å². The van der Waals surface area contributed by atoms with Gasteiger partial charge < -0.3 is 15.0 Å². The highest BCUT2D eigenvalue weighted by Crippen LogP contribution is 2.43. The van der Waals surface area contributed by atoms with Gasteiger partial charge in [-0.3, -0.25) is 4.98 Å². The predicted octanol–water partition coefficient (Wildman–Crippen LogP) is 3.96. The zero-order valence-corrected chi connectivity index (χ0v) is 19.6. The van der Waals surface area contributed by atoms with E-state index < -0.39 is 20.6 Å². The van der Waals surface area contributed by atoms with E-state index in [4.69, 9.17) is 0 Å². The van der Waals surface area contributed by atoms with E-state index in [9.17, 15) is 22.9 Å². The van der Waals surface area contributed by atoms with Crippen LogP contribution in [0.5, 0.6) is 0 Å². The van der Waals surface area contributed by atoms with Crippen LogP contribution >= 0.6 is 0 Å². The van der Waals surface area contributed by atoms with Gasteiger partial charge in [0.25, 0.3) is 0 Å². The molecular formula is C23H24FN5O4S. The van der Waals surface area contributed by atoms with Crippen molar-refractivity contribution in [2.24, 2.45) is 0 Å². The maximum atomic E-state index is 14.2. The quantitative estimate of drug-likeness (QED) is 0.397. The molecule has 1 aliphatic heterocycles. The number of rotatable bonds is 7.